The van der Waals surface area contributed by atoms with Gasteiger partial charge in [0.25, 0.3) is 0 Å². The van der Waals surface area contributed by atoms with Crippen molar-refractivity contribution in [3.8, 4) is 0 Å². The molecular weight excluding hydrogens is 338 g/mol. The van der Waals surface area contributed by atoms with Crippen LogP contribution in [-0.4, -0.2) is 36.3 Å². The Bertz CT molecular complexity index is 559. The zero-order valence-electron chi connectivity index (χ0n) is 15.2. The summed E-state index contributed by atoms with van der Waals surface area (Å²) in [6.07, 6.45) is 3.87. The first kappa shape index (κ1) is 21.5. The average molecular weight is 368 g/mol. The number of rotatable bonds is 7. The summed E-state index contributed by atoms with van der Waals surface area (Å²) in [6.45, 7) is 6.94. The maximum absolute atomic E-state index is 12.2. The number of carbonyl (C=O) groups excluding carboxylic acids is 2. The highest BCUT2D eigenvalue weighted by Crippen LogP contribution is 2.19. The van der Waals surface area contributed by atoms with Gasteiger partial charge in [0.05, 0.1) is 0 Å². The molecule has 1 aromatic rings. The van der Waals surface area contributed by atoms with Gasteiger partial charge in [-0.05, 0) is 62.9 Å². The molecule has 1 fully saturated rings. The molecule has 2 N–H and O–H groups in total. The molecule has 0 radical (unpaired) electrons. The molecule has 25 heavy (non-hydrogen) atoms. The molecule has 140 valence electrons. The van der Waals surface area contributed by atoms with E-state index in [1.807, 2.05) is 31.2 Å². The van der Waals surface area contributed by atoms with Crippen molar-refractivity contribution in [1.29, 1.82) is 0 Å². The van der Waals surface area contributed by atoms with Crippen molar-refractivity contribution >= 4 is 29.9 Å². The Balaban J connectivity index is 0.00000312. The lowest BCUT2D eigenvalue weighted by Crippen LogP contribution is -2.28. The lowest BCUT2D eigenvalue weighted by atomic mass is 9.93. The molecule has 0 aliphatic carbocycles. The average Bonchev–Trinajstić information content (AvgIpc) is 2.59. The van der Waals surface area contributed by atoms with Crippen molar-refractivity contribution in [2.24, 2.45) is 5.92 Å². The normalized spacial score (nSPS) is 14.5. The number of piperidine rings is 1. The van der Waals surface area contributed by atoms with E-state index >= 15 is 0 Å². The second-order valence-corrected chi connectivity index (χ2v) is 6.51. The largest absolute Gasteiger partial charge is 0.339 e. The van der Waals surface area contributed by atoms with Crippen LogP contribution in [0.2, 0.25) is 0 Å². The molecule has 0 spiro atoms. The summed E-state index contributed by atoms with van der Waals surface area (Å²) in [4.78, 5) is 25.5. The molecule has 1 saturated heterocycles. The molecule has 0 saturated carbocycles. The van der Waals surface area contributed by atoms with E-state index in [-0.39, 0.29) is 24.2 Å². The summed E-state index contributed by atoms with van der Waals surface area (Å²) in [5.41, 5.74) is 1.84. The summed E-state index contributed by atoms with van der Waals surface area (Å²) in [6, 6.07) is 7.76. The fourth-order valence-corrected chi connectivity index (χ4v) is 3.14. The predicted octanol–water partition coefficient (Wildman–Crippen LogP) is 3.20. The minimum absolute atomic E-state index is 0. The van der Waals surface area contributed by atoms with Gasteiger partial charge >= 0.3 is 0 Å². The SMILES string of the molecule is CCN(Cc1cccc(NC(=O)CCC2CCNCC2)c1)C(C)=O.Cl. The Kier molecular flexibility index (Phi) is 9.53. The maximum Gasteiger partial charge on any atom is 0.224 e. The quantitative estimate of drug-likeness (QED) is 0.778. The van der Waals surface area contributed by atoms with E-state index < -0.39 is 0 Å². The van der Waals surface area contributed by atoms with Crippen LogP contribution in [0.5, 0.6) is 0 Å². The molecule has 5 nitrogen and oxygen atoms in total. The van der Waals surface area contributed by atoms with Gasteiger partial charge in [-0.2, -0.15) is 0 Å². The number of nitrogens with zero attached hydrogens (tertiary/aromatic N) is 1. The molecule has 2 amide bonds. The first-order valence-electron chi connectivity index (χ1n) is 8.93. The van der Waals surface area contributed by atoms with Crippen molar-refractivity contribution in [3.63, 3.8) is 0 Å². The van der Waals surface area contributed by atoms with Crippen LogP contribution in [0.1, 0.15) is 45.1 Å². The minimum Gasteiger partial charge on any atom is -0.339 e. The Hall–Kier alpha value is -1.59. The van der Waals surface area contributed by atoms with E-state index in [0.717, 1.165) is 30.8 Å². The second-order valence-electron chi connectivity index (χ2n) is 6.51. The predicted molar refractivity (Wildman–Crippen MR) is 104 cm³/mol. The molecule has 6 heteroatoms. The minimum atomic E-state index is 0. The van der Waals surface area contributed by atoms with Gasteiger partial charge in [-0.1, -0.05) is 12.1 Å². The van der Waals surface area contributed by atoms with Gasteiger partial charge in [0, 0.05) is 32.1 Å². The fourth-order valence-electron chi connectivity index (χ4n) is 3.14. The Morgan fingerprint density at radius 2 is 2.00 bits per heavy atom. The summed E-state index contributed by atoms with van der Waals surface area (Å²) in [5, 5.41) is 6.33. The van der Waals surface area contributed by atoms with Crippen molar-refractivity contribution in [3.05, 3.63) is 29.8 Å². The third kappa shape index (κ3) is 7.45. The number of benzene rings is 1. The van der Waals surface area contributed by atoms with Crippen LogP contribution in [0, 0.1) is 5.92 Å². The number of nitrogens with one attached hydrogen (secondary N) is 2. The highest BCUT2D eigenvalue weighted by Gasteiger charge is 2.14. The number of hydrogen-bond acceptors (Lipinski definition) is 3. The van der Waals surface area contributed by atoms with Crippen LogP contribution >= 0.6 is 12.4 Å². The number of amides is 2. The number of carbonyl (C=O) groups is 2. The van der Waals surface area contributed by atoms with Crippen molar-refractivity contribution < 1.29 is 9.59 Å². The molecule has 2 rings (SSSR count). The van der Waals surface area contributed by atoms with Gasteiger partial charge < -0.3 is 15.5 Å². The monoisotopic (exact) mass is 367 g/mol. The molecule has 0 unspecified atom stereocenters. The van der Waals surface area contributed by atoms with E-state index in [2.05, 4.69) is 10.6 Å². The standard InChI is InChI=1S/C19H29N3O2.ClH/c1-3-22(15(2)23)14-17-5-4-6-18(13-17)21-19(24)8-7-16-9-11-20-12-10-16;/h4-6,13,16,20H,3,7-12,14H2,1-2H3,(H,21,24);1H. The summed E-state index contributed by atoms with van der Waals surface area (Å²) in [5.74, 6) is 0.801. The number of hydrogen-bond donors (Lipinski definition) is 2. The van der Waals surface area contributed by atoms with Gasteiger partial charge in [0.1, 0.15) is 0 Å². The van der Waals surface area contributed by atoms with Crippen LogP contribution in [0.15, 0.2) is 24.3 Å². The third-order valence-corrected chi connectivity index (χ3v) is 4.65. The molecular formula is C19H30ClN3O2. The maximum atomic E-state index is 12.2. The van der Waals surface area contributed by atoms with Crippen molar-refractivity contribution in [1.82, 2.24) is 10.2 Å². The first-order chi connectivity index (χ1) is 11.6. The molecule has 0 atom stereocenters. The van der Waals surface area contributed by atoms with E-state index in [0.29, 0.717) is 25.4 Å². The molecule has 1 aliphatic rings. The highest BCUT2D eigenvalue weighted by atomic mass is 35.5. The lowest BCUT2D eigenvalue weighted by molar-refractivity contribution is -0.129. The zero-order valence-corrected chi connectivity index (χ0v) is 16.0. The van der Waals surface area contributed by atoms with Gasteiger partial charge in [0.2, 0.25) is 11.8 Å². The zero-order chi connectivity index (χ0) is 17.4. The highest BCUT2D eigenvalue weighted by molar-refractivity contribution is 5.90. The van der Waals surface area contributed by atoms with Crippen LogP contribution in [-0.2, 0) is 16.1 Å². The third-order valence-electron chi connectivity index (χ3n) is 4.65. The summed E-state index contributed by atoms with van der Waals surface area (Å²) >= 11 is 0. The molecule has 1 aliphatic heterocycles. The van der Waals surface area contributed by atoms with Gasteiger partial charge in [0.15, 0.2) is 0 Å². The fraction of sp³-hybridized carbons (Fsp3) is 0.579. The van der Waals surface area contributed by atoms with Crippen molar-refractivity contribution in [2.75, 3.05) is 25.0 Å². The Morgan fingerprint density at radius 1 is 1.28 bits per heavy atom. The smallest absolute Gasteiger partial charge is 0.224 e. The first-order valence-corrected chi connectivity index (χ1v) is 8.93. The van der Waals surface area contributed by atoms with E-state index in [9.17, 15) is 9.59 Å². The van der Waals surface area contributed by atoms with Crippen LogP contribution in [0.25, 0.3) is 0 Å². The summed E-state index contributed by atoms with van der Waals surface area (Å²) in [7, 11) is 0. The van der Waals surface area contributed by atoms with Gasteiger partial charge in [-0.25, -0.2) is 0 Å². The van der Waals surface area contributed by atoms with Crippen LogP contribution < -0.4 is 10.6 Å². The molecule has 1 aromatic carbocycles. The topological polar surface area (TPSA) is 61.4 Å². The molecule has 0 aromatic heterocycles. The van der Waals surface area contributed by atoms with E-state index in [4.69, 9.17) is 0 Å². The van der Waals surface area contributed by atoms with Gasteiger partial charge in [-0.15, -0.1) is 12.4 Å². The Labute approximate surface area is 157 Å². The second kappa shape index (κ2) is 11.1. The number of halogens is 1. The summed E-state index contributed by atoms with van der Waals surface area (Å²) < 4.78 is 0. The Morgan fingerprint density at radius 3 is 2.64 bits per heavy atom. The molecule has 0 bridgehead atoms. The molecule has 1 heterocycles. The number of anilines is 1. The van der Waals surface area contributed by atoms with Gasteiger partial charge in [-0.3, -0.25) is 9.59 Å². The van der Waals surface area contributed by atoms with E-state index in [1.165, 1.54) is 12.8 Å². The van der Waals surface area contributed by atoms with E-state index in [1.54, 1.807) is 11.8 Å². The lowest BCUT2D eigenvalue weighted by Gasteiger charge is -2.22. The van der Waals surface area contributed by atoms with Crippen LogP contribution in [0.3, 0.4) is 0 Å². The van der Waals surface area contributed by atoms with Crippen molar-refractivity contribution in [2.45, 2.75) is 46.1 Å². The van der Waals surface area contributed by atoms with Crippen LogP contribution in [0.4, 0.5) is 5.69 Å².